The van der Waals surface area contributed by atoms with Gasteiger partial charge in [-0.05, 0) is 19.3 Å². The lowest BCUT2D eigenvalue weighted by Gasteiger charge is -2.24. The van der Waals surface area contributed by atoms with Gasteiger partial charge in [0, 0.05) is 6.42 Å². The molecule has 3 heteroatoms. The van der Waals surface area contributed by atoms with Crippen LogP contribution in [0, 0.1) is 5.41 Å². The molecule has 0 aliphatic heterocycles. The summed E-state index contributed by atoms with van der Waals surface area (Å²) < 4.78 is 0. The maximum absolute atomic E-state index is 11.6. The van der Waals surface area contributed by atoms with Crippen LogP contribution in [0.5, 0.6) is 0 Å². The Morgan fingerprint density at radius 2 is 2.15 bits per heavy atom. The standard InChI is InChI=1S/C10H16O3/c1-2-10(9(12)13)7-5-3-4-6-8(10)11/h2-7H2,1H3,(H,12,13). The highest BCUT2D eigenvalue weighted by atomic mass is 16.4. The highest BCUT2D eigenvalue weighted by molar-refractivity contribution is 6.03. The number of rotatable bonds is 2. The van der Waals surface area contributed by atoms with Gasteiger partial charge in [0.1, 0.15) is 11.2 Å². The Morgan fingerprint density at radius 1 is 1.46 bits per heavy atom. The van der Waals surface area contributed by atoms with Crippen LogP contribution < -0.4 is 0 Å². The van der Waals surface area contributed by atoms with Crippen molar-refractivity contribution in [1.29, 1.82) is 0 Å². The topological polar surface area (TPSA) is 54.4 Å². The van der Waals surface area contributed by atoms with E-state index in [1.54, 1.807) is 6.92 Å². The molecule has 0 aromatic carbocycles. The first-order valence-electron chi connectivity index (χ1n) is 4.90. The first kappa shape index (κ1) is 10.2. The first-order valence-corrected chi connectivity index (χ1v) is 4.90. The Bertz CT molecular complexity index is 222. The smallest absolute Gasteiger partial charge is 0.317 e. The molecular formula is C10H16O3. The number of ketones is 1. The average molecular weight is 184 g/mol. The summed E-state index contributed by atoms with van der Waals surface area (Å²) in [5.74, 6) is -0.998. The third kappa shape index (κ3) is 1.74. The third-order valence-electron chi connectivity index (χ3n) is 3.05. The average Bonchev–Trinajstić information content (AvgIpc) is 2.27. The first-order chi connectivity index (χ1) is 6.13. The molecule has 1 atom stereocenters. The van der Waals surface area contributed by atoms with E-state index in [0.29, 0.717) is 19.3 Å². The molecule has 74 valence electrons. The zero-order valence-electron chi connectivity index (χ0n) is 8.01. The molecule has 1 unspecified atom stereocenters. The number of carbonyl (C=O) groups is 2. The maximum atomic E-state index is 11.6. The van der Waals surface area contributed by atoms with Gasteiger partial charge in [0.15, 0.2) is 0 Å². The van der Waals surface area contributed by atoms with E-state index in [-0.39, 0.29) is 5.78 Å². The van der Waals surface area contributed by atoms with Gasteiger partial charge in [0.2, 0.25) is 0 Å². The van der Waals surface area contributed by atoms with Gasteiger partial charge in [-0.2, -0.15) is 0 Å². The van der Waals surface area contributed by atoms with E-state index in [1.807, 2.05) is 0 Å². The van der Waals surface area contributed by atoms with Crippen LogP contribution in [0.1, 0.15) is 45.4 Å². The van der Waals surface area contributed by atoms with Crippen LogP contribution >= 0.6 is 0 Å². The maximum Gasteiger partial charge on any atom is 0.317 e. The Balaban J connectivity index is 2.91. The number of carbonyl (C=O) groups excluding carboxylic acids is 1. The fourth-order valence-corrected chi connectivity index (χ4v) is 2.02. The van der Waals surface area contributed by atoms with Crippen molar-refractivity contribution in [3.05, 3.63) is 0 Å². The molecule has 13 heavy (non-hydrogen) atoms. The second-order valence-corrected chi connectivity index (χ2v) is 3.72. The highest BCUT2D eigenvalue weighted by Crippen LogP contribution is 2.35. The predicted octanol–water partition coefficient (Wildman–Crippen LogP) is 2.00. The molecule has 1 aliphatic rings. The molecular weight excluding hydrogens is 168 g/mol. The second-order valence-electron chi connectivity index (χ2n) is 3.72. The van der Waals surface area contributed by atoms with Gasteiger partial charge in [-0.15, -0.1) is 0 Å². The van der Waals surface area contributed by atoms with Crippen molar-refractivity contribution in [1.82, 2.24) is 0 Å². The van der Waals surface area contributed by atoms with E-state index < -0.39 is 11.4 Å². The summed E-state index contributed by atoms with van der Waals surface area (Å²) in [6.07, 6.45) is 4.11. The fraction of sp³-hybridized carbons (Fsp3) is 0.800. The van der Waals surface area contributed by atoms with Crippen LogP contribution in [0.25, 0.3) is 0 Å². The molecule has 0 radical (unpaired) electrons. The Labute approximate surface area is 78.1 Å². The summed E-state index contributed by atoms with van der Waals surface area (Å²) in [6, 6.07) is 0. The molecule has 0 aromatic rings. The lowest BCUT2D eigenvalue weighted by atomic mass is 9.77. The van der Waals surface area contributed by atoms with Crippen LogP contribution in [-0.2, 0) is 9.59 Å². The van der Waals surface area contributed by atoms with Crippen LogP contribution in [0.3, 0.4) is 0 Å². The van der Waals surface area contributed by atoms with Crippen molar-refractivity contribution < 1.29 is 14.7 Å². The van der Waals surface area contributed by atoms with E-state index >= 15 is 0 Å². The molecule has 0 spiro atoms. The monoisotopic (exact) mass is 184 g/mol. The molecule has 1 N–H and O–H groups in total. The van der Waals surface area contributed by atoms with Crippen LogP contribution in [0.15, 0.2) is 0 Å². The summed E-state index contributed by atoms with van der Waals surface area (Å²) in [5.41, 5.74) is -1.06. The third-order valence-corrected chi connectivity index (χ3v) is 3.05. The van der Waals surface area contributed by atoms with Crippen LogP contribution in [0.2, 0.25) is 0 Å². The SMILES string of the molecule is CCC1(C(=O)O)CCCCCC1=O. The molecule has 0 bridgehead atoms. The fourth-order valence-electron chi connectivity index (χ4n) is 2.02. The van der Waals surface area contributed by atoms with Gasteiger partial charge >= 0.3 is 5.97 Å². The zero-order chi connectivity index (χ0) is 9.90. The summed E-state index contributed by atoms with van der Waals surface area (Å²) in [6.45, 7) is 1.79. The predicted molar refractivity (Wildman–Crippen MR) is 48.5 cm³/mol. The van der Waals surface area contributed by atoms with Crippen molar-refractivity contribution in [2.24, 2.45) is 5.41 Å². The van der Waals surface area contributed by atoms with Gasteiger partial charge in [0.05, 0.1) is 0 Å². The van der Waals surface area contributed by atoms with Crippen molar-refractivity contribution in [2.75, 3.05) is 0 Å². The zero-order valence-corrected chi connectivity index (χ0v) is 8.01. The van der Waals surface area contributed by atoms with E-state index in [2.05, 4.69) is 0 Å². The van der Waals surface area contributed by atoms with E-state index in [9.17, 15) is 9.59 Å². The number of carboxylic acid groups (broad SMARTS) is 1. The largest absolute Gasteiger partial charge is 0.480 e. The van der Waals surface area contributed by atoms with E-state index in [4.69, 9.17) is 5.11 Å². The van der Waals surface area contributed by atoms with Gasteiger partial charge in [-0.1, -0.05) is 19.8 Å². The van der Waals surface area contributed by atoms with Crippen molar-refractivity contribution >= 4 is 11.8 Å². The molecule has 1 aliphatic carbocycles. The van der Waals surface area contributed by atoms with Gasteiger partial charge < -0.3 is 5.11 Å². The highest BCUT2D eigenvalue weighted by Gasteiger charge is 2.43. The number of carboxylic acids is 1. The Kier molecular flexibility index (Phi) is 3.07. The van der Waals surface area contributed by atoms with E-state index in [1.165, 1.54) is 0 Å². The molecule has 1 rings (SSSR count). The minimum Gasteiger partial charge on any atom is -0.480 e. The van der Waals surface area contributed by atoms with Crippen LogP contribution in [-0.4, -0.2) is 16.9 Å². The van der Waals surface area contributed by atoms with Crippen molar-refractivity contribution in [2.45, 2.75) is 45.4 Å². The van der Waals surface area contributed by atoms with Gasteiger partial charge in [-0.25, -0.2) is 0 Å². The summed E-state index contributed by atoms with van der Waals surface area (Å²) in [5, 5.41) is 9.06. The number of hydrogen-bond donors (Lipinski definition) is 1. The Morgan fingerprint density at radius 3 is 2.69 bits per heavy atom. The number of Topliss-reactive ketones (excluding diaryl/α,β-unsaturated/α-hetero) is 1. The molecule has 0 amide bonds. The second kappa shape index (κ2) is 3.90. The minimum atomic E-state index is -1.06. The lowest BCUT2D eigenvalue weighted by Crippen LogP contribution is -2.37. The number of hydrogen-bond acceptors (Lipinski definition) is 2. The molecule has 3 nitrogen and oxygen atoms in total. The molecule has 0 heterocycles. The van der Waals surface area contributed by atoms with Gasteiger partial charge in [0.25, 0.3) is 0 Å². The summed E-state index contributed by atoms with van der Waals surface area (Å²) in [7, 11) is 0. The minimum absolute atomic E-state index is 0.0694. The summed E-state index contributed by atoms with van der Waals surface area (Å²) >= 11 is 0. The normalized spacial score (nSPS) is 29.8. The van der Waals surface area contributed by atoms with Crippen LogP contribution in [0.4, 0.5) is 0 Å². The molecule has 1 saturated carbocycles. The van der Waals surface area contributed by atoms with Gasteiger partial charge in [-0.3, -0.25) is 9.59 Å². The molecule has 1 fully saturated rings. The Hall–Kier alpha value is -0.860. The number of aliphatic carboxylic acids is 1. The lowest BCUT2D eigenvalue weighted by molar-refractivity contribution is -0.155. The van der Waals surface area contributed by atoms with E-state index in [0.717, 1.165) is 19.3 Å². The van der Waals surface area contributed by atoms with Crippen molar-refractivity contribution in [3.8, 4) is 0 Å². The van der Waals surface area contributed by atoms with Crippen molar-refractivity contribution in [3.63, 3.8) is 0 Å². The molecule has 0 saturated heterocycles. The molecule has 0 aromatic heterocycles. The summed E-state index contributed by atoms with van der Waals surface area (Å²) in [4.78, 5) is 22.7. The quantitative estimate of drug-likeness (QED) is 0.527.